The maximum atomic E-state index is 10.6. The van der Waals surface area contributed by atoms with Crippen molar-refractivity contribution in [3.05, 3.63) is 33.9 Å². The summed E-state index contributed by atoms with van der Waals surface area (Å²) in [6, 6.07) is 3.84. The number of nitro groups is 1. The SMILES string of the molecule is COCCNC(=S)NCc1cc([N+](=O)[O-])ccc1O. The molecule has 1 aromatic rings. The van der Waals surface area contributed by atoms with Crippen molar-refractivity contribution < 1.29 is 14.8 Å². The Morgan fingerprint density at radius 2 is 2.26 bits per heavy atom. The van der Waals surface area contributed by atoms with E-state index in [4.69, 9.17) is 17.0 Å². The van der Waals surface area contributed by atoms with Crippen LogP contribution in [0.1, 0.15) is 5.56 Å². The number of rotatable bonds is 6. The maximum absolute atomic E-state index is 10.6. The highest BCUT2D eigenvalue weighted by molar-refractivity contribution is 7.80. The topological polar surface area (TPSA) is 96.7 Å². The molecule has 1 aromatic carbocycles. The highest BCUT2D eigenvalue weighted by Gasteiger charge is 2.10. The van der Waals surface area contributed by atoms with E-state index in [2.05, 4.69) is 10.6 Å². The number of hydrogen-bond donors (Lipinski definition) is 3. The molecule has 0 saturated carbocycles. The Hall–Kier alpha value is -1.93. The number of phenols is 1. The average Bonchev–Trinajstić information content (AvgIpc) is 2.37. The number of methoxy groups -OCH3 is 1. The molecule has 0 saturated heterocycles. The minimum atomic E-state index is -0.516. The molecule has 3 N–H and O–H groups in total. The monoisotopic (exact) mass is 285 g/mol. The highest BCUT2D eigenvalue weighted by Crippen LogP contribution is 2.22. The fraction of sp³-hybridized carbons (Fsp3) is 0.364. The van der Waals surface area contributed by atoms with Gasteiger partial charge in [0.25, 0.3) is 5.69 Å². The van der Waals surface area contributed by atoms with Crippen LogP contribution in [0, 0.1) is 10.1 Å². The largest absolute Gasteiger partial charge is 0.508 e. The molecule has 0 heterocycles. The van der Waals surface area contributed by atoms with Gasteiger partial charge in [-0.25, -0.2) is 0 Å². The Balaban J connectivity index is 2.54. The number of aromatic hydroxyl groups is 1. The van der Waals surface area contributed by atoms with Gasteiger partial charge in [0.05, 0.1) is 11.5 Å². The van der Waals surface area contributed by atoms with Crippen molar-refractivity contribution in [3.8, 4) is 5.75 Å². The fourth-order valence-corrected chi connectivity index (χ4v) is 1.51. The molecule has 8 heteroatoms. The van der Waals surface area contributed by atoms with Gasteiger partial charge in [0.2, 0.25) is 0 Å². The zero-order valence-corrected chi connectivity index (χ0v) is 11.2. The summed E-state index contributed by atoms with van der Waals surface area (Å²) < 4.78 is 4.85. The number of phenolic OH excluding ortho intramolecular Hbond substituents is 1. The van der Waals surface area contributed by atoms with Gasteiger partial charge < -0.3 is 20.5 Å². The van der Waals surface area contributed by atoms with E-state index in [1.165, 1.54) is 18.2 Å². The van der Waals surface area contributed by atoms with E-state index in [0.717, 1.165) is 0 Å². The molecule has 0 amide bonds. The molecule has 0 aliphatic heterocycles. The standard InChI is InChI=1S/C11H15N3O4S/c1-18-5-4-12-11(19)13-7-8-6-9(14(16)17)2-3-10(8)15/h2-3,6,15H,4-5,7H2,1H3,(H2,12,13,19). The number of benzene rings is 1. The molecule has 0 unspecified atom stereocenters. The molecule has 0 fully saturated rings. The number of nitrogens with one attached hydrogen (secondary N) is 2. The summed E-state index contributed by atoms with van der Waals surface area (Å²) in [4.78, 5) is 10.1. The fourth-order valence-electron chi connectivity index (χ4n) is 1.33. The predicted octanol–water partition coefficient (Wildman–Crippen LogP) is 0.911. The van der Waals surface area contributed by atoms with E-state index in [0.29, 0.717) is 23.8 Å². The van der Waals surface area contributed by atoms with E-state index in [1.54, 1.807) is 7.11 Å². The molecule has 0 bridgehead atoms. The van der Waals surface area contributed by atoms with Crippen molar-refractivity contribution in [1.29, 1.82) is 0 Å². The van der Waals surface area contributed by atoms with Crippen molar-refractivity contribution in [2.75, 3.05) is 20.3 Å². The average molecular weight is 285 g/mol. The Kier molecular flexibility index (Phi) is 5.97. The summed E-state index contributed by atoms with van der Waals surface area (Å²) in [5.41, 5.74) is 0.331. The molecule has 19 heavy (non-hydrogen) atoms. The van der Waals surface area contributed by atoms with Crippen LogP contribution in [0.3, 0.4) is 0 Å². The lowest BCUT2D eigenvalue weighted by Gasteiger charge is -2.10. The first kappa shape index (κ1) is 15.1. The predicted molar refractivity (Wildman–Crippen MR) is 74.1 cm³/mol. The van der Waals surface area contributed by atoms with Crippen LogP contribution >= 0.6 is 12.2 Å². The number of hydrogen-bond acceptors (Lipinski definition) is 5. The van der Waals surface area contributed by atoms with E-state index in [-0.39, 0.29) is 18.0 Å². The number of nitrogens with zero attached hydrogens (tertiary/aromatic N) is 1. The lowest BCUT2D eigenvalue weighted by Crippen LogP contribution is -2.36. The molecule has 0 aliphatic rings. The van der Waals surface area contributed by atoms with Gasteiger partial charge in [0.15, 0.2) is 5.11 Å². The zero-order valence-electron chi connectivity index (χ0n) is 10.4. The van der Waals surface area contributed by atoms with E-state index in [1.807, 2.05) is 0 Å². The molecular formula is C11H15N3O4S. The maximum Gasteiger partial charge on any atom is 0.270 e. The second-order valence-electron chi connectivity index (χ2n) is 3.67. The Bertz CT molecular complexity index is 467. The van der Waals surface area contributed by atoms with Crippen LogP contribution in [0.2, 0.25) is 0 Å². The number of non-ortho nitro benzene ring substituents is 1. The third-order valence-corrected chi connectivity index (χ3v) is 2.59. The van der Waals surface area contributed by atoms with E-state index in [9.17, 15) is 15.2 Å². The van der Waals surface area contributed by atoms with Crippen LogP contribution in [0.15, 0.2) is 18.2 Å². The molecule has 7 nitrogen and oxygen atoms in total. The van der Waals surface area contributed by atoms with Gasteiger partial charge in [-0.1, -0.05) is 0 Å². The van der Waals surface area contributed by atoms with Crippen molar-refractivity contribution in [3.63, 3.8) is 0 Å². The van der Waals surface area contributed by atoms with Crippen LogP contribution in [-0.2, 0) is 11.3 Å². The smallest absolute Gasteiger partial charge is 0.270 e. The van der Waals surface area contributed by atoms with Crippen molar-refractivity contribution in [1.82, 2.24) is 10.6 Å². The van der Waals surface area contributed by atoms with Gasteiger partial charge in [-0.2, -0.15) is 0 Å². The number of ether oxygens (including phenoxy) is 1. The van der Waals surface area contributed by atoms with Crippen molar-refractivity contribution in [2.45, 2.75) is 6.54 Å². The molecular weight excluding hydrogens is 270 g/mol. The van der Waals surface area contributed by atoms with Gasteiger partial charge in [0, 0.05) is 37.9 Å². The molecule has 104 valence electrons. The third-order valence-electron chi connectivity index (χ3n) is 2.31. The highest BCUT2D eigenvalue weighted by atomic mass is 32.1. The van der Waals surface area contributed by atoms with Crippen molar-refractivity contribution >= 4 is 23.0 Å². The molecule has 0 atom stereocenters. The van der Waals surface area contributed by atoms with Gasteiger partial charge in [-0.15, -0.1) is 0 Å². The lowest BCUT2D eigenvalue weighted by molar-refractivity contribution is -0.384. The zero-order chi connectivity index (χ0) is 14.3. The normalized spacial score (nSPS) is 9.95. The molecule has 0 radical (unpaired) electrons. The van der Waals surface area contributed by atoms with Gasteiger partial charge in [-0.3, -0.25) is 10.1 Å². The molecule has 1 rings (SSSR count). The Labute approximate surface area is 115 Å². The third kappa shape index (κ3) is 5.06. The van der Waals surface area contributed by atoms with Crippen LogP contribution in [0.4, 0.5) is 5.69 Å². The molecule has 0 spiro atoms. The van der Waals surface area contributed by atoms with Crippen LogP contribution in [0.5, 0.6) is 5.75 Å². The van der Waals surface area contributed by atoms with Gasteiger partial charge in [-0.05, 0) is 18.3 Å². The lowest BCUT2D eigenvalue weighted by atomic mass is 10.2. The Morgan fingerprint density at radius 3 is 2.89 bits per heavy atom. The second-order valence-corrected chi connectivity index (χ2v) is 4.08. The summed E-state index contributed by atoms with van der Waals surface area (Å²) in [6.07, 6.45) is 0. The number of nitro benzene ring substituents is 1. The molecule has 0 aromatic heterocycles. The van der Waals surface area contributed by atoms with Gasteiger partial charge >= 0.3 is 0 Å². The van der Waals surface area contributed by atoms with E-state index >= 15 is 0 Å². The summed E-state index contributed by atoms with van der Waals surface area (Å²) in [5, 5.41) is 26.4. The minimum Gasteiger partial charge on any atom is -0.508 e. The van der Waals surface area contributed by atoms with Crippen LogP contribution < -0.4 is 10.6 Å². The minimum absolute atomic E-state index is 0.0159. The summed E-state index contributed by atoms with van der Waals surface area (Å²) >= 11 is 5.00. The first-order valence-corrected chi connectivity index (χ1v) is 5.92. The first-order valence-electron chi connectivity index (χ1n) is 5.51. The second kappa shape index (κ2) is 7.49. The van der Waals surface area contributed by atoms with Crippen LogP contribution in [-0.4, -0.2) is 35.4 Å². The molecule has 0 aliphatic carbocycles. The first-order chi connectivity index (χ1) is 9.04. The van der Waals surface area contributed by atoms with Crippen LogP contribution in [0.25, 0.3) is 0 Å². The Morgan fingerprint density at radius 1 is 1.53 bits per heavy atom. The van der Waals surface area contributed by atoms with E-state index < -0.39 is 4.92 Å². The summed E-state index contributed by atoms with van der Waals surface area (Å²) in [5.74, 6) is -0.0159. The summed E-state index contributed by atoms with van der Waals surface area (Å²) in [6.45, 7) is 1.28. The van der Waals surface area contributed by atoms with Gasteiger partial charge in [0.1, 0.15) is 5.75 Å². The number of thiocarbonyl (C=S) groups is 1. The van der Waals surface area contributed by atoms with Crippen molar-refractivity contribution in [2.24, 2.45) is 0 Å². The quantitative estimate of drug-likeness (QED) is 0.309. The summed E-state index contributed by atoms with van der Waals surface area (Å²) in [7, 11) is 1.58.